The van der Waals surface area contributed by atoms with Crippen LogP contribution in [0, 0.1) is 0 Å². The third-order valence-corrected chi connectivity index (χ3v) is 9.03. The smallest absolute Gasteiger partial charge is 0.135 e. The van der Waals surface area contributed by atoms with Crippen LogP contribution in [0.5, 0.6) is 0 Å². The molecule has 0 N–H and O–H groups in total. The Kier molecular flexibility index (Phi) is 6.17. The lowest BCUT2D eigenvalue weighted by atomic mass is 9.98. The van der Waals surface area contributed by atoms with E-state index in [1.165, 1.54) is 32.3 Å². The fourth-order valence-electron chi connectivity index (χ4n) is 6.81. The number of nitrogens with zero attached hydrogens (tertiary/aromatic N) is 1. The second-order valence-corrected chi connectivity index (χ2v) is 11.8. The lowest BCUT2D eigenvalue weighted by Crippen LogP contribution is -2.11. The molecule has 0 amide bonds. The number of anilines is 3. The van der Waals surface area contributed by atoms with Gasteiger partial charge >= 0.3 is 0 Å². The molecule has 0 bridgehead atoms. The zero-order valence-corrected chi connectivity index (χ0v) is 25.1. The van der Waals surface area contributed by atoms with Gasteiger partial charge in [0.1, 0.15) is 11.3 Å². The Morgan fingerprint density at radius 1 is 0.348 bits per heavy atom. The zero-order valence-electron chi connectivity index (χ0n) is 25.1. The third kappa shape index (κ3) is 4.43. The van der Waals surface area contributed by atoms with E-state index in [0.717, 1.165) is 50.5 Å². The summed E-state index contributed by atoms with van der Waals surface area (Å²) >= 11 is 0. The van der Waals surface area contributed by atoms with Crippen molar-refractivity contribution >= 4 is 60.3 Å². The molecular weight excluding hydrogens is 558 g/mol. The number of hydrogen-bond donors (Lipinski definition) is 0. The van der Waals surface area contributed by atoms with E-state index in [4.69, 9.17) is 4.42 Å². The Balaban J connectivity index is 1.20. The van der Waals surface area contributed by atoms with Gasteiger partial charge in [0, 0.05) is 27.4 Å². The van der Waals surface area contributed by atoms with E-state index in [9.17, 15) is 0 Å². The van der Waals surface area contributed by atoms with Crippen molar-refractivity contribution in [2.45, 2.75) is 0 Å². The molecule has 0 saturated carbocycles. The summed E-state index contributed by atoms with van der Waals surface area (Å²) in [4.78, 5) is 2.42. The number of hydrogen-bond acceptors (Lipinski definition) is 2. The Hall–Kier alpha value is -6.12. The van der Waals surface area contributed by atoms with Crippen molar-refractivity contribution < 1.29 is 4.42 Å². The van der Waals surface area contributed by atoms with Gasteiger partial charge in [-0.1, -0.05) is 133 Å². The molecule has 0 aliphatic heterocycles. The van der Waals surface area contributed by atoms with Gasteiger partial charge in [-0.3, -0.25) is 0 Å². The minimum atomic E-state index is 0.880. The molecule has 216 valence electrons. The van der Waals surface area contributed by atoms with Gasteiger partial charge in [0.15, 0.2) is 0 Å². The summed E-state index contributed by atoms with van der Waals surface area (Å²) in [5.41, 5.74) is 7.69. The fourth-order valence-corrected chi connectivity index (χ4v) is 6.81. The van der Waals surface area contributed by atoms with Crippen molar-refractivity contribution in [2.75, 3.05) is 4.90 Å². The van der Waals surface area contributed by atoms with Gasteiger partial charge in [0.2, 0.25) is 0 Å². The SMILES string of the molecule is c1cc(-c2ccc(N(c3cccc4ccccc34)c3cc4ccccc4c4ccccc34)cc2)cc(-c2cc3ccccc3o2)c1. The summed E-state index contributed by atoms with van der Waals surface area (Å²) in [6.45, 7) is 0. The van der Waals surface area contributed by atoms with Crippen LogP contribution in [0.15, 0.2) is 180 Å². The van der Waals surface area contributed by atoms with Crippen molar-refractivity contribution in [3.63, 3.8) is 0 Å². The standard InChI is InChI=1S/C44H29NO/c1-5-18-38-31(11-1)14-10-21-41(38)45(42-28-33-12-2-4-17-37(33)39-19-6-7-20-40(39)42)36-25-23-30(24-26-36)32-15-9-16-34(27-32)44-29-35-13-3-8-22-43(35)46-44/h1-29H. The highest BCUT2D eigenvalue weighted by atomic mass is 16.3. The first kappa shape index (κ1) is 26.3. The summed E-state index contributed by atoms with van der Waals surface area (Å²) in [7, 11) is 0. The van der Waals surface area contributed by atoms with Crippen LogP contribution >= 0.6 is 0 Å². The highest BCUT2D eigenvalue weighted by molar-refractivity contribution is 6.15. The van der Waals surface area contributed by atoms with Gasteiger partial charge in [-0.25, -0.2) is 0 Å². The van der Waals surface area contributed by atoms with Crippen LogP contribution in [0.4, 0.5) is 17.1 Å². The molecule has 0 unspecified atom stereocenters. The number of para-hydroxylation sites is 1. The average molecular weight is 588 g/mol. The van der Waals surface area contributed by atoms with Crippen LogP contribution in [-0.4, -0.2) is 0 Å². The summed E-state index contributed by atoms with van der Waals surface area (Å²) in [5, 5.41) is 8.50. The van der Waals surface area contributed by atoms with Crippen LogP contribution in [0.1, 0.15) is 0 Å². The number of fused-ring (bicyclic) bond motifs is 5. The van der Waals surface area contributed by atoms with E-state index in [-0.39, 0.29) is 0 Å². The van der Waals surface area contributed by atoms with Crippen LogP contribution in [-0.2, 0) is 0 Å². The molecule has 2 heteroatoms. The molecular formula is C44H29NO. The number of furan rings is 1. The quantitative estimate of drug-likeness (QED) is 0.186. The Labute approximate surface area is 267 Å². The molecule has 46 heavy (non-hydrogen) atoms. The van der Waals surface area contributed by atoms with Crippen LogP contribution in [0.3, 0.4) is 0 Å². The van der Waals surface area contributed by atoms with Gasteiger partial charge in [0.25, 0.3) is 0 Å². The maximum Gasteiger partial charge on any atom is 0.135 e. The normalized spacial score (nSPS) is 11.5. The van der Waals surface area contributed by atoms with Crippen molar-refractivity contribution in [2.24, 2.45) is 0 Å². The predicted molar refractivity (Wildman–Crippen MR) is 194 cm³/mol. The van der Waals surface area contributed by atoms with E-state index in [1.54, 1.807) is 0 Å². The summed E-state index contributed by atoms with van der Waals surface area (Å²) in [5.74, 6) is 0.880. The monoisotopic (exact) mass is 587 g/mol. The zero-order chi connectivity index (χ0) is 30.5. The minimum Gasteiger partial charge on any atom is -0.456 e. The molecule has 0 fully saturated rings. The Bertz CT molecular complexity index is 2500. The van der Waals surface area contributed by atoms with Gasteiger partial charge in [-0.15, -0.1) is 0 Å². The van der Waals surface area contributed by atoms with Crippen LogP contribution < -0.4 is 4.90 Å². The molecule has 0 spiro atoms. The first-order valence-corrected chi connectivity index (χ1v) is 15.7. The highest BCUT2D eigenvalue weighted by Crippen LogP contribution is 2.44. The van der Waals surface area contributed by atoms with E-state index in [0.29, 0.717) is 0 Å². The number of benzene rings is 8. The van der Waals surface area contributed by atoms with Crippen molar-refractivity contribution in [1.29, 1.82) is 0 Å². The van der Waals surface area contributed by atoms with E-state index < -0.39 is 0 Å². The molecule has 0 aliphatic carbocycles. The average Bonchev–Trinajstić information content (AvgIpc) is 3.57. The fraction of sp³-hybridized carbons (Fsp3) is 0. The lowest BCUT2D eigenvalue weighted by Gasteiger charge is -2.29. The van der Waals surface area contributed by atoms with Gasteiger partial charge in [-0.2, -0.15) is 0 Å². The molecule has 8 aromatic carbocycles. The van der Waals surface area contributed by atoms with Crippen LogP contribution in [0.2, 0.25) is 0 Å². The summed E-state index contributed by atoms with van der Waals surface area (Å²) < 4.78 is 6.19. The van der Waals surface area contributed by atoms with E-state index >= 15 is 0 Å². The van der Waals surface area contributed by atoms with E-state index in [1.807, 2.05) is 18.2 Å². The molecule has 1 aromatic heterocycles. The second-order valence-electron chi connectivity index (χ2n) is 11.8. The minimum absolute atomic E-state index is 0.880. The third-order valence-electron chi connectivity index (χ3n) is 9.03. The highest BCUT2D eigenvalue weighted by Gasteiger charge is 2.19. The Morgan fingerprint density at radius 3 is 1.80 bits per heavy atom. The molecule has 1 heterocycles. The van der Waals surface area contributed by atoms with Gasteiger partial charge in [0.05, 0.1) is 11.4 Å². The van der Waals surface area contributed by atoms with Crippen molar-refractivity contribution in [1.82, 2.24) is 0 Å². The second kappa shape index (κ2) is 10.8. The maximum absolute atomic E-state index is 6.19. The van der Waals surface area contributed by atoms with Gasteiger partial charge in [-0.05, 0) is 75.1 Å². The summed E-state index contributed by atoms with van der Waals surface area (Å²) in [6, 6.07) is 62.8. The molecule has 9 aromatic rings. The predicted octanol–water partition coefficient (Wildman–Crippen LogP) is 12.7. The van der Waals surface area contributed by atoms with Crippen molar-refractivity contribution in [3.8, 4) is 22.5 Å². The molecule has 0 radical (unpaired) electrons. The van der Waals surface area contributed by atoms with Crippen LogP contribution in [0.25, 0.3) is 65.7 Å². The first-order valence-electron chi connectivity index (χ1n) is 15.7. The lowest BCUT2D eigenvalue weighted by molar-refractivity contribution is 0.631. The van der Waals surface area contributed by atoms with Crippen molar-refractivity contribution in [3.05, 3.63) is 176 Å². The molecule has 0 atom stereocenters. The maximum atomic E-state index is 6.19. The molecule has 9 rings (SSSR count). The Morgan fingerprint density at radius 2 is 0.978 bits per heavy atom. The molecule has 2 nitrogen and oxygen atoms in total. The largest absolute Gasteiger partial charge is 0.456 e. The number of rotatable bonds is 5. The first-order chi connectivity index (χ1) is 22.8. The van der Waals surface area contributed by atoms with E-state index in [2.05, 4.69) is 163 Å². The topological polar surface area (TPSA) is 16.4 Å². The molecule has 0 aliphatic rings. The molecule has 0 saturated heterocycles. The summed E-state index contributed by atoms with van der Waals surface area (Å²) in [6.07, 6.45) is 0. The van der Waals surface area contributed by atoms with Gasteiger partial charge < -0.3 is 9.32 Å².